The van der Waals surface area contributed by atoms with Gasteiger partial charge in [0.25, 0.3) is 0 Å². The normalized spacial score (nSPS) is 19.3. The molecule has 0 spiro atoms. The highest BCUT2D eigenvalue weighted by molar-refractivity contribution is 5.88. The Kier molecular flexibility index (Phi) is 6.91. The average molecular weight is 370 g/mol. The number of aryl methyl sites for hydroxylation is 1. The van der Waals surface area contributed by atoms with Crippen LogP contribution in [0.15, 0.2) is 36.9 Å². The molecule has 5 nitrogen and oxygen atoms in total. The molecule has 2 aliphatic rings. The molecule has 27 heavy (non-hydrogen) atoms. The second-order valence-electron chi connectivity index (χ2n) is 7.34. The summed E-state index contributed by atoms with van der Waals surface area (Å²) >= 11 is 0. The molecule has 0 saturated carbocycles. The van der Waals surface area contributed by atoms with Gasteiger partial charge in [-0.05, 0) is 50.2 Å². The Balaban J connectivity index is 1.51. The Morgan fingerprint density at radius 3 is 2.70 bits per heavy atom. The van der Waals surface area contributed by atoms with Gasteiger partial charge in [-0.15, -0.1) is 0 Å². The number of carbonyl (C=O) groups is 2. The van der Waals surface area contributed by atoms with Crippen molar-refractivity contribution in [2.45, 2.75) is 51.0 Å². The molecule has 1 aromatic rings. The van der Waals surface area contributed by atoms with Gasteiger partial charge in [0.1, 0.15) is 18.4 Å². The molecule has 5 heteroatoms. The topological polar surface area (TPSA) is 49.9 Å². The van der Waals surface area contributed by atoms with Gasteiger partial charge in [0, 0.05) is 26.1 Å². The van der Waals surface area contributed by atoms with Crippen LogP contribution in [0.3, 0.4) is 0 Å². The van der Waals surface area contributed by atoms with Crippen molar-refractivity contribution >= 4 is 11.8 Å². The van der Waals surface area contributed by atoms with Crippen molar-refractivity contribution in [1.29, 1.82) is 0 Å². The van der Waals surface area contributed by atoms with Crippen molar-refractivity contribution in [2.24, 2.45) is 0 Å². The van der Waals surface area contributed by atoms with Crippen LogP contribution in [0.1, 0.15) is 44.1 Å². The summed E-state index contributed by atoms with van der Waals surface area (Å²) in [5.41, 5.74) is 1.11. The fraction of sp³-hybridized carbons (Fsp3) is 0.545. The molecule has 0 radical (unpaired) electrons. The summed E-state index contributed by atoms with van der Waals surface area (Å²) in [5, 5.41) is 0. The summed E-state index contributed by atoms with van der Waals surface area (Å²) in [6.07, 6.45) is 7.64. The molecule has 0 bridgehead atoms. The van der Waals surface area contributed by atoms with E-state index in [4.69, 9.17) is 4.74 Å². The lowest BCUT2D eigenvalue weighted by Gasteiger charge is -2.27. The van der Waals surface area contributed by atoms with Gasteiger partial charge in [-0.3, -0.25) is 9.59 Å². The van der Waals surface area contributed by atoms with Gasteiger partial charge in [0.05, 0.1) is 0 Å². The molecular formula is C22H30N2O3. The van der Waals surface area contributed by atoms with Gasteiger partial charge in [0.15, 0.2) is 0 Å². The van der Waals surface area contributed by atoms with Gasteiger partial charge in [-0.25, -0.2) is 0 Å². The summed E-state index contributed by atoms with van der Waals surface area (Å²) in [6, 6.07) is 7.69. The number of carbonyl (C=O) groups excluding carboxylic acids is 2. The molecule has 2 saturated heterocycles. The van der Waals surface area contributed by atoms with Crippen molar-refractivity contribution < 1.29 is 14.3 Å². The maximum atomic E-state index is 12.7. The number of nitrogens with zero attached hydrogens (tertiary/aromatic N) is 2. The minimum atomic E-state index is -0.237. The lowest BCUT2D eigenvalue weighted by molar-refractivity contribution is -0.143. The molecule has 1 atom stereocenters. The number of likely N-dealkylation sites (tertiary alicyclic amines) is 2. The molecule has 146 valence electrons. The van der Waals surface area contributed by atoms with E-state index in [0.717, 1.165) is 62.9 Å². The zero-order valence-corrected chi connectivity index (χ0v) is 16.1. The molecule has 2 heterocycles. The maximum Gasteiger partial charge on any atom is 0.245 e. The van der Waals surface area contributed by atoms with Crippen LogP contribution in [0.5, 0.6) is 5.75 Å². The maximum absolute atomic E-state index is 12.7. The predicted molar refractivity (Wildman–Crippen MR) is 106 cm³/mol. The van der Waals surface area contributed by atoms with E-state index >= 15 is 0 Å². The van der Waals surface area contributed by atoms with E-state index < -0.39 is 0 Å². The minimum absolute atomic E-state index is 0.106. The van der Waals surface area contributed by atoms with E-state index in [1.807, 2.05) is 34.1 Å². The predicted octanol–water partition coefficient (Wildman–Crippen LogP) is 3.19. The number of hydrogen-bond acceptors (Lipinski definition) is 3. The minimum Gasteiger partial charge on any atom is -0.489 e. The first-order valence-electron chi connectivity index (χ1n) is 10.1. The van der Waals surface area contributed by atoms with Crippen molar-refractivity contribution in [3.63, 3.8) is 0 Å². The van der Waals surface area contributed by atoms with Crippen LogP contribution in [0, 0.1) is 0 Å². The molecule has 0 aromatic heterocycles. The van der Waals surface area contributed by atoms with Crippen LogP contribution in [-0.2, 0) is 16.0 Å². The highest BCUT2D eigenvalue weighted by Crippen LogP contribution is 2.24. The van der Waals surface area contributed by atoms with Gasteiger partial charge in [-0.1, -0.05) is 30.9 Å². The van der Waals surface area contributed by atoms with E-state index in [0.29, 0.717) is 19.6 Å². The Labute approximate surface area is 162 Å². The van der Waals surface area contributed by atoms with Gasteiger partial charge in [-0.2, -0.15) is 0 Å². The highest BCUT2D eigenvalue weighted by Gasteiger charge is 2.36. The van der Waals surface area contributed by atoms with E-state index in [9.17, 15) is 9.59 Å². The van der Waals surface area contributed by atoms with Crippen molar-refractivity contribution in [1.82, 2.24) is 9.80 Å². The van der Waals surface area contributed by atoms with E-state index in [1.165, 1.54) is 0 Å². The van der Waals surface area contributed by atoms with Crippen LogP contribution < -0.4 is 4.74 Å². The Morgan fingerprint density at radius 1 is 1.15 bits per heavy atom. The largest absolute Gasteiger partial charge is 0.489 e. The zero-order valence-electron chi connectivity index (χ0n) is 16.1. The fourth-order valence-corrected chi connectivity index (χ4v) is 4.04. The van der Waals surface area contributed by atoms with Crippen molar-refractivity contribution in [2.75, 3.05) is 26.2 Å². The summed E-state index contributed by atoms with van der Waals surface area (Å²) in [7, 11) is 0. The highest BCUT2D eigenvalue weighted by atomic mass is 16.5. The average Bonchev–Trinajstić information content (AvgIpc) is 3.38. The molecule has 3 rings (SSSR count). The fourth-order valence-electron chi connectivity index (χ4n) is 4.04. The lowest BCUT2D eigenvalue weighted by atomic mass is 10.1. The Bertz CT molecular complexity index is 667. The number of amides is 2. The first-order chi connectivity index (χ1) is 13.2. The summed E-state index contributed by atoms with van der Waals surface area (Å²) in [4.78, 5) is 29.2. The molecule has 0 unspecified atom stereocenters. The molecule has 0 N–H and O–H groups in total. The van der Waals surface area contributed by atoms with E-state index in [-0.39, 0.29) is 17.9 Å². The van der Waals surface area contributed by atoms with Gasteiger partial charge in [0.2, 0.25) is 11.8 Å². The van der Waals surface area contributed by atoms with Gasteiger partial charge >= 0.3 is 0 Å². The standard InChI is InChI=1S/C22H30N2O3/c1-2-17-27-20-12-4-3-9-18(20)10-7-13-21(25)24-16-8-11-19(24)22(26)23-14-5-6-15-23/h2-4,9,12,19H,1,5-8,10-11,13-17H2/t19-/m0/s1. The van der Waals surface area contributed by atoms with Crippen LogP contribution in [0.25, 0.3) is 0 Å². The third-order valence-corrected chi connectivity index (χ3v) is 5.44. The smallest absolute Gasteiger partial charge is 0.245 e. The second-order valence-corrected chi connectivity index (χ2v) is 7.34. The number of rotatable bonds is 8. The summed E-state index contributed by atoms with van der Waals surface area (Å²) < 4.78 is 5.69. The third-order valence-electron chi connectivity index (χ3n) is 5.44. The van der Waals surface area contributed by atoms with E-state index in [2.05, 4.69) is 6.58 Å². The molecular weight excluding hydrogens is 340 g/mol. The van der Waals surface area contributed by atoms with Crippen LogP contribution >= 0.6 is 0 Å². The second kappa shape index (κ2) is 9.58. The van der Waals surface area contributed by atoms with Crippen molar-refractivity contribution in [3.8, 4) is 5.75 Å². The molecule has 2 amide bonds. The molecule has 2 fully saturated rings. The zero-order chi connectivity index (χ0) is 19.1. The Hall–Kier alpha value is -2.30. The summed E-state index contributed by atoms with van der Waals surface area (Å²) in [5.74, 6) is 1.11. The van der Waals surface area contributed by atoms with Crippen LogP contribution in [-0.4, -0.2) is 53.9 Å². The Morgan fingerprint density at radius 2 is 1.93 bits per heavy atom. The SMILES string of the molecule is C=CCOc1ccccc1CCCC(=O)N1CCC[C@H]1C(=O)N1CCCC1. The quantitative estimate of drug-likeness (QED) is 0.661. The first kappa shape index (κ1) is 19.5. The summed E-state index contributed by atoms with van der Waals surface area (Å²) in [6.45, 7) is 6.56. The third kappa shape index (κ3) is 4.90. The van der Waals surface area contributed by atoms with Crippen LogP contribution in [0.4, 0.5) is 0 Å². The molecule has 2 aliphatic heterocycles. The number of hydrogen-bond donors (Lipinski definition) is 0. The lowest BCUT2D eigenvalue weighted by Crippen LogP contribution is -2.46. The molecule has 1 aromatic carbocycles. The number of ether oxygens (including phenoxy) is 1. The van der Waals surface area contributed by atoms with Crippen LogP contribution in [0.2, 0.25) is 0 Å². The first-order valence-corrected chi connectivity index (χ1v) is 10.1. The van der Waals surface area contributed by atoms with E-state index in [1.54, 1.807) is 6.08 Å². The van der Waals surface area contributed by atoms with Crippen molar-refractivity contribution in [3.05, 3.63) is 42.5 Å². The van der Waals surface area contributed by atoms with Gasteiger partial charge < -0.3 is 14.5 Å². The molecule has 0 aliphatic carbocycles. The number of para-hydroxylation sites is 1. The number of benzene rings is 1. The monoisotopic (exact) mass is 370 g/mol.